The summed E-state index contributed by atoms with van der Waals surface area (Å²) in [6.07, 6.45) is 1.26. The molecule has 20 heavy (non-hydrogen) atoms. The van der Waals surface area contributed by atoms with Crippen molar-refractivity contribution >= 4 is 16.0 Å². The van der Waals surface area contributed by atoms with E-state index in [1.54, 1.807) is 0 Å². The van der Waals surface area contributed by atoms with Crippen LogP contribution in [0.15, 0.2) is 23.1 Å². The van der Waals surface area contributed by atoms with E-state index in [4.69, 9.17) is 0 Å². The van der Waals surface area contributed by atoms with Gasteiger partial charge in [0.15, 0.2) is 4.90 Å². The second-order valence-corrected chi connectivity index (χ2v) is 6.37. The Morgan fingerprint density at radius 3 is 2.15 bits per heavy atom. The summed E-state index contributed by atoms with van der Waals surface area (Å²) in [4.78, 5) is 10.1. The lowest BCUT2D eigenvalue weighted by Crippen LogP contribution is -2.52. The zero-order chi connectivity index (χ0) is 15.0. The zero-order valence-corrected chi connectivity index (χ0v) is 11.2. The molecule has 0 bridgehead atoms. The van der Waals surface area contributed by atoms with Crippen molar-refractivity contribution in [2.45, 2.75) is 36.1 Å². The number of aliphatic carboxylic acids is 1. The Labute approximate surface area is 114 Å². The summed E-state index contributed by atoms with van der Waals surface area (Å²) in [5.41, 5.74) is -1.69. The summed E-state index contributed by atoms with van der Waals surface area (Å²) < 4.78 is 53.2. The molecule has 0 unspecified atom stereocenters. The molecule has 0 heterocycles. The fraction of sp³-hybridized carbons (Fsp3) is 0.417. The van der Waals surface area contributed by atoms with E-state index < -0.39 is 38.1 Å². The second kappa shape index (κ2) is 5.10. The molecule has 2 rings (SSSR count). The molecule has 1 aliphatic rings. The molecule has 1 aromatic carbocycles. The first-order valence-corrected chi connectivity index (χ1v) is 7.48. The first kappa shape index (κ1) is 14.9. The molecular weight excluding hydrogens is 292 g/mol. The average Bonchev–Trinajstić information content (AvgIpc) is 2.77. The third-order valence-corrected chi connectivity index (χ3v) is 4.97. The molecule has 5 nitrogen and oxygen atoms in total. The number of sulfonamides is 1. The van der Waals surface area contributed by atoms with Gasteiger partial charge in [0.25, 0.3) is 0 Å². The number of rotatable bonds is 4. The zero-order valence-electron chi connectivity index (χ0n) is 10.4. The van der Waals surface area contributed by atoms with Crippen molar-refractivity contribution in [1.82, 2.24) is 4.72 Å². The lowest BCUT2D eigenvalue weighted by molar-refractivity contribution is -0.143. The molecule has 8 heteroatoms. The molecular formula is C12H13F2NO4S. The first-order chi connectivity index (χ1) is 9.28. The maximum atomic E-state index is 13.5. The first-order valence-electron chi connectivity index (χ1n) is 6.00. The van der Waals surface area contributed by atoms with E-state index in [-0.39, 0.29) is 12.8 Å². The molecule has 0 saturated heterocycles. The molecule has 1 saturated carbocycles. The standard InChI is InChI=1S/C12H13F2NO4S/c13-8-4-3-5-9(14)10(8)20(18,19)15-12(11(16)17)6-1-2-7-12/h3-5,15H,1-2,6-7H2,(H,16,17). The van der Waals surface area contributed by atoms with Crippen LogP contribution >= 0.6 is 0 Å². The Hall–Kier alpha value is -1.54. The van der Waals surface area contributed by atoms with E-state index in [1.807, 2.05) is 4.72 Å². The summed E-state index contributed by atoms with van der Waals surface area (Å²) in [6.45, 7) is 0. The van der Waals surface area contributed by atoms with Gasteiger partial charge in [0.2, 0.25) is 10.0 Å². The molecule has 0 atom stereocenters. The summed E-state index contributed by atoms with van der Waals surface area (Å²) >= 11 is 0. The van der Waals surface area contributed by atoms with Crippen LogP contribution in [0.4, 0.5) is 8.78 Å². The Kier molecular flexibility index (Phi) is 3.79. The molecule has 1 fully saturated rings. The van der Waals surface area contributed by atoms with Crippen LogP contribution in [-0.4, -0.2) is 25.0 Å². The van der Waals surface area contributed by atoms with Crippen LogP contribution in [0.5, 0.6) is 0 Å². The fourth-order valence-corrected chi connectivity index (χ4v) is 3.94. The smallest absolute Gasteiger partial charge is 0.324 e. The van der Waals surface area contributed by atoms with Crippen molar-refractivity contribution in [2.75, 3.05) is 0 Å². The lowest BCUT2D eigenvalue weighted by Gasteiger charge is -2.25. The minimum absolute atomic E-state index is 0.0949. The van der Waals surface area contributed by atoms with E-state index in [0.29, 0.717) is 12.8 Å². The molecule has 0 amide bonds. The van der Waals surface area contributed by atoms with E-state index in [0.717, 1.165) is 18.2 Å². The highest BCUT2D eigenvalue weighted by Crippen LogP contribution is 2.32. The largest absolute Gasteiger partial charge is 0.480 e. The van der Waals surface area contributed by atoms with Crippen LogP contribution in [0.3, 0.4) is 0 Å². The van der Waals surface area contributed by atoms with Crippen molar-refractivity contribution < 1.29 is 27.1 Å². The Balaban J connectivity index is 2.44. The van der Waals surface area contributed by atoms with Gasteiger partial charge >= 0.3 is 5.97 Å². The van der Waals surface area contributed by atoms with Crippen LogP contribution in [0.1, 0.15) is 25.7 Å². The average molecular weight is 305 g/mol. The highest BCUT2D eigenvalue weighted by molar-refractivity contribution is 7.89. The van der Waals surface area contributed by atoms with Gasteiger partial charge in [-0.2, -0.15) is 4.72 Å². The Bertz CT molecular complexity index is 619. The van der Waals surface area contributed by atoms with Gasteiger partial charge in [-0.3, -0.25) is 4.79 Å². The number of carboxylic acid groups (broad SMARTS) is 1. The molecule has 0 aromatic heterocycles. The summed E-state index contributed by atoms with van der Waals surface area (Å²) in [7, 11) is -4.59. The van der Waals surface area contributed by atoms with E-state index in [1.165, 1.54) is 0 Å². The van der Waals surface area contributed by atoms with Crippen LogP contribution in [0.25, 0.3) is 0 Å². The summed E-state index contributed by atoms with van der Waals surface area (Å²) in [5.74, 6) is -3.85. The van der Waals surface area contributed by atoms with Crippen LogP contribution < -0.4 is 4.72 Å². The quantitative estimate of drug-likeness (QED) is 0.886. The van der Waals surface area contributed by atoms with Gasteiger partial charge in [0.05, 0.1) is 0 Å². The molecule has 1 aromatic rings. The number of hydrogen-bond acceptors (Lipinski definition) is 3. The normalized spacial score (nSPS) is 18.1. The minimum Gasteiger partial charge on any atom is -0.480 e. The van der Waals surface area contributed by atoms with Crippen molar-refractivity contribution in [3.05, 3.63) is 29.8 Å². The number of benzene rings is 1. The van der Waals surface area contributed by atoms with Gasteiger partial charge in [0, 0.05) is 0 Å². The molecule has 0 radical (unpaired) electrons. The third-order valence-electron chi connectivity index (χ3n) is 3.38. The van der Waals surface area contributed by atoms with Crippen LogP contribution in [-0.2, 0) is 14.8 Å². The van der Waals surface area contributed by atoms with Crippen LogP contribution in [0.2, 0.25) is 0 Å². The molecule has 0 aliphatic heterocycles. The highest BCUT2D eigenvalue weighted by atomic mass is 32.2. The predicted molar refractivity (Wildman–Crippen MR) is 65.5 cm³/mol. The van der Waals surface area contributed by atoms with Crippen molar-refractivity contribution in [2.24, 2.45) is 0 Å². The molecule has 2 N–H and O–H groups in total. The van der Waals surface area contributed by atoms with Crippen molar-refractivity contribution in [3.8, 4) is 0 Å². The second-order valence-electron chi connectivity index (χ2n) is 4.75. The van der Waals surface area contributed by atoms with Gasteiger partial charge in [-0.1, -0.05) is 18.9 Å². The number of carbonyl (C=O) groups is 1. The van der Waals surface area contributed by atoms with Gasteiger partial charge in [-0.25, -0.2) is 17.2 Å². The fourth-order valence-electron chi connectivity index (χ4n) is 2.39. The molecule has 110 valence electrons. The molecule has 0 spiro atoms. The number of halogens is 2. The topological polar surface area (TPSA) is 83.5 Å². The van der Waals surface area contributed by atoms with E-state index in [2.05, 4.69) is 0 Å². The van der Waals surface area contributed by atoms with Crippen LogP contribution in [0, 0.1) is 11.6 Å². The maximum absolute atomic E-state index is 13.5. The number of hydrogen-bond donors (Lipinski definition) is 2. The number of nitrogens with one attached hydrogen (secondary N) is 1. The van der Waals surface area contributed by atoms with Gasteiger partial charge in [-0.15, -0.1) is 0 Å². The number of carboxylic acids is 1. The Morgan fingerprint density at radius 2 is 1.70 bits per heavy atom. The van der Waals surface area contributed by atoms with E-state index in [9.17, 15) is 27.1 Å². The highest BCUT2D eigenvalue weighted by Gasteiger charge is 2.45. The lowest BCUT2D eigenvalue weighted by atomic mass is 10.0. The SMILES string of the molecule is O=C(O)C1(NS(=O)(=O)c2c(F)cccc2F)CCCC1. The van der Waals surface area contributed by atoms with Gasteiger partial charge < -0.3 is 5.11 Å². The van der Waals surface area contributed by atoms with Gasteiger partial charge in [0.1, 0.15) is 17.2 Å². The van der Waals surface area contributed by atoms with Crippen molar-refractivity contribution in [3.63, 3.8) is 0 Å². The van der Waals surface area contributed by atoms with Gasteiger partial charge in [-0.05, 0) is 25.0 Å². The monoisotopic (exact) mass is 305 g/mol. The van der Waals surface area contributed by atoms with E-state index >= 15 is 0 Å². The third kappa shape index (κ3) is 2.53. The minimum atomic E-state index is -4.59. The summed E-state index contributed by atoms with van der Waals surface area (Å²) in [6, 6.07) is 2.64. The summed E-state index contributed by atoms with van der Waals surface area (Å²) in [5, 5.41) is 9.20. The molecule has 1 aliphatic carbocycles. The Morgan fingerprint density at radius 1 is 1.20 bits per heavy atom. The predicted octanol–water partition coefficient (Wildman–Crippen LogP) is 1.64. The van der Waals surface area contributed by atoms with Crippen molar-refractivity contribution in [1.29, 1.82) is 0 Å². The maximum Gasteiger partial charge on any atom is 0.324 e.